The van der Waals surface area contributed by atoms with Gasteiger partial charge >= 0.3 is 18.2 Å². The van der Waals surface area contributed by atoms with Gasteiger partial charge in [-0.1, -0.05) is 0 Å². The Morgan fingerprint density at radius 2 is 1.49 bits per heavy atom. The highest BCUT2D eigenvalue weighted by atomic mass is 35.5. The van der Waals surface area contributed by atoms with Crippen LogP contribution in [0.25, 0.3) is 11.2 Å². The van der Waals surface area contributed by atoms with E-state index in [1.165, 1.54) is 12.8 Å². The van der Waals surface area contributed by atoms with Crippen molar-refractivity contribution in [2.45, 2.75) is 180 Å². The largest absolute Gasteiger partial charge is 0.464 e. The maximum atomic E-state index is 12.6. The molecule has 348 valence electrons. The van der Waals surface area contributed by atoms with Crippen molar-refractivity contribution in [3.63, 3.8) is 0 Å². The molecule has 2 aromatic rings. The quantitative estimate of drug-likeness (QED) is 0.137. The van der Waals surface area contributed by atoms with Gasteiger partial charge in [0.15, 0.2) is 5.65 Å². The van der Waals surface area contributed by atoms with Gasteiger partial charge < -0.3 is 60.6 Å². The number of cyclic esters (lactones) is 1. The van der Waals surface area contributed by atoms with Crippen molar-refractivity contribution in [3.8, 4) is 0 Å². The number of hydrogen-bond donors (Lipinski definition) is 7. The average molecular weight is 887 g/mol. The van der Waals surface area contributed by atoms with Crippen LogP contribution in [0.5, 0.6) is 0 Å². The SMILES string of the molecule is CC(C)(C)OC(=O)NC(CCO)C(C)(C)O.CC(C)(C)OC(=O)NC1CCOC1=O.CC1(C)OCCC1N.CC1(C)OCCC1NC(=O)c1c[nH]c2ncc(C3CC3)nc12.Cl. The standard InChI is InChI=1S/C16H20N4O2.C11H23NO4.C9H15NO4.C6H13NO.ClH/c1-16(2)12(5-6-22-16)20-15(21)10-7-17-14-13(10)19-11(8-18-14)9-3-4-9;1-10(2,3)16-9(14)12-8(6-7-13)11(4,5)15;1-9(2,3)14-8(12)10-6-4-5-13-7(6)11;1-6(2)5(7)3-4-8-6;/h7-9,12H,3-6H2,1-2H3,(H,17,18)(H,20,21);8,13,15H,6-7H2,1-5H3,(H,12,14);6H,4-5H2,1-3H3,(H,10,12);5H,3-4,7H2,1-2H3;1H. The number of carbonyl (C=O) groups excluding carboxylic acids is 4. The predicted octanol–water partition coefficient (Wildman–Crippen LogP) is 4.93. The second-order valence-corrected chi connectivity index (χ2v) is 19.1. The lowest BCUT2D eigenvalue weighted by Crippen LogP contribution is -2.50. The van der Waals surface area contributed by atoms with E-state index in [0.717, 1.165) is 25.1 Å². The van der Waals surface area contributed by atoms with Crippen molar-refractivity contribution in [2.24, 2.45) is 5.73 Å². The summed E-state index contributed by atoms with van der Waals surface area (Å²) in [4.78, 5) is 58.3. The zero-order valence-electron chi connectivity index (χ0n) is 38.1. The molecule has 4 aliphatic rings. The number of amides is 3. The summed E-state index contributed by atoms with van der Waals surface area (Å²) in [7, 11) is 0. The maximum Gasteiger partial charge on any atom is 0.408 e. The van der Waals surface area contributed by atoms with Crippen LogP contribution in [0, 0.1) is 0 Å². The number of ether oxygens (including phenoxy) is 5. The lowest BCUT2D eigenvalue weighted by molar-refractivity contribution is -0.139. The number of nitrogens with zero attached hydrogens (tertiary/aromatic N) is 2. The van der Waals surface area contributed by atoms with Crippen molar-refractivity contribution < 1.29 is 53.1 Å². The number of aromatic amines is 1. The van der Waals surface area contributed by atoms with Gasteiger partial charge in [-0.15, -0.1) is 12.4 Å². The molecule has 4 atom stereocenters. The van der Waals surface area contributed by atoms with Gasteiger partial charge in [0.25, 0.3) is 5.91 Å². The van der Waals surface area contributed by atoms with Crippen molar-refractivity contribution in [2.75, 3.05) is 26.4 Å². The van der Waals surface area contributed by atoms with E-state index in [-0.39, 0.29) is 54.6 Å². The van der Waals surface area contributed by atoms with Crippen LogP contribution in [0.15, 0.2) is 12.4 Å². The number of rotatable bonds is 8. The Labute approximate surface area is 366 Å². The molecular weight excluding hydrogens is 814 g/mol. The number of alkyl carbamates (subject to hydrolysis) is 2. The third-order valence-corrected chi connectivity index (χ3v) is 10.0. The number of nitrogens with one attached hydrogen (secondary N) is 4. The highest BCUT2D eigenvalue weighted by Crippen LogP contribution is 2.39. The van der Waals surface area contributed by atoms with Gasteiger partial charge in [0.05, 0.1) is 52.9 Å². The Morgan fingerprint density at radius 3 is 1.93 bits per heavy atom. The molecule has 0 bridgehead atoms. The first kappa shape index (κ1) is 53.3. The number of H-pyrrole nitrogens is 1. The van der Waals surface area contributed by atoms with Crippen LogP contribution in [0.4, 0.5) is 9.59 Å². The van der Waals surface area contributed by atoms with Crippen LogP contribution in [0.3, 0.4) is 0 Å². The zero-order valence-corrected chi connectivity index (χ0v) is 38.9. The van der Waals surface area contributed by atoms with Gasteiger partial charge in [0.2, 0.25) is 0 Å². The van der Waals surface area contributed by atoms with Gasteiger partial charge in [-0.3, -0.25) is 4.79 Å². The second kappa shape index (κ2) is 22.0. The number of fused-ring (bicyclic) bond motifs is 1. The molecule has 0 radical (unpaired) electrons. The Kier molecular flexibility index (Phi) is 19.2. The molecule has 1 saturated carbocycles. The minimum absolute atomic E-state index is 0. The van der Waals surface area contributed by atoms with Crippen LogP contribution in [0.2, 0.25) is 0 Å². The molecule has 1 aliphatic carbocycles. The number of nitrogens with two attached hydrogens (primary N) is 1. The Balaban J connectivity index is 0.000000294. The molecule has 19 heteroatoms. The number of esters is 1. The molecule has 0 aromatic carbocycles. The lowest BCUT2D eigenvalue weighted by Gasteiger charge is -2.30. The van der Waals surface area contributed by atoms with E-state index in [2.05, 4.69) is 35.6 Å². The predicted molar refractivity (Wildman–Crippen MR) is 232 cm³/mol. The molecule has 3 saturated heterocycles. The van der Waals surface area contributed by atoms with E-state index in [9.17, 15) is 24.3 Å². The van der Waals surface area contributed by atoms with Crippen LogP contribution < -0.4 is 21.7 Å². The summed E-state index contributed by atoms with van der Waals surface area (Å²) in [6, 6.07) is -0.829. The molecule has 18 nitrogen and oxygen atoms in total. The van der Waals surface area contributed by atoms with Crippen LogP contribution in [-0.4, -0.2) is 128 Å². The average Bonchev–Trinajstić information content (AvgIpc) is 3.45. The Bertz CT molecular complexity index is 1750. The van der Waals surface area contributed by atoms with Crippen molar-refractivity contribution in [1.82, 2.24) is 30.9 Å². The minimum atomic E-state index is -1.10. The first-order valence-electron chi connectivity index (χ1n) is 20.8. The maximum absolute atomic E-state index is 12.6. The van der Waals surface area contributed by atoms with E-state index in [1.54, 1.807) is 61.6 Å². The molecule has 6 rings (SSSR count). The van der Waals surface area contributed by atoms with E-state index in [1.807, 2.05) is 33.9 Å². The summed E-state index contributed by atoms with van der Waals surface area (Å²) in [5, 5.41) is 26.7. The normalized spacial score (nSPS) is 22.0. The Morgan fingerprint density at radius 1 is 0.902 bits per heavy atom. The van der Waals surface area contributed by atoms with E-state index in [0.29, 0.717) is 42.3 Å². The minimum Gasteiger partial charge on any atom is -0.464 e. The molecule has 8 N–H and O–H groups in total. The molecule has 61 heavy (non-hydrogen) atoms. The summed E-state index contributed by atoms with van der Waals surface area (Å²) in [5.74, 6) is 0.0119. The van der Waals surface area contributed by atoms with Crippen LogP contribution >= 0.6 is 12.4 Å². The topological polar surface area (TPSA) is 259 Å². The number of aromatic nitrogens is 3. The molecule has 4 fully saturated rings. The molecule has 4 unspecified atom stereocenters. The fraction of sp³-hybridized carbons (Fsp3) is 0.762. The van der Waals surface area contributed by atoms with E-state index in [4.69, 9.17) is 29.8 Å². The van der Waals surface area contributed by atoms with Crippen molar-refractivity contribution in [3.05, 3.63) is 23.7 Å². The third-order valence-electron chi connectivity index (χ3n) is 10.0. The van der Waals surface area contributed by atoms with Gasteiger partial charge in [-0.25, -0.2) is 24.4 Å². The first-order chi connectivity index (χ1) is 27.6. The highest BCUT2D eigenvalue weighted by Gasteiger charge is 2.38. The second-order valence-electron chi connectivity index (χ2n) is 19.1. The summed E-state index contributed by atoms with van der Waals surface area (Å²) >= 11 is 0. The van der Waals surface area contributed by atoms with E-state index < -0.39 is 47.0 Å². The first-order valence-corrected chi connectivity index (χ1v) is 20.8. The molecule has 0 spiro atoms. The van der Waals surface area contributed by atoms with Gasteiger partial charge in [-0.05, 0) is 115 Å². The van der Waals surface area contributed by atoms with Crippen LogP contribution in [0.1, 0.15) is 144 Å². The van der Waals surface area contributed by atoms with Crippen molar-refractivity contribution in [1.29, 1.82) is 0 Å². The van der Waals surface area contributed by atoms with Gasteiger partial charge in [0, 0.05) is 44.4 Å². The summed E-state index contributed by atoms with van der Waals surface area (Å²) in [5.41, 5.74) is 5.95. The number of carbonyl (C=O) groups is 4. The van der Waals surface area contributed by atoms with E-state index >= 15 is 0 Å². The third kappa shape index (κ3) is 17.8. The lowest BCUT2D eigenvalue weighted by atomic mass is 9.96. The molecule has 3 amide bonds. The number of halogens is 1. The highest BCUT2D eigenvalue weighted by molar-refractivity contribution is 6.04. The summed E-state index contributed by atoms with van der Waals surface area (Å²) in [6.07, 6.45) is 7.30. The smallest absolute Gasteiger partial charge is 0.408 e. The number of hydrogen-bond acceptors (Lipinski definition) is 14. The fourth-order valence-electron chi connectivity index (χ4n) is 6.19. The van der Waals surface area contributed by atoms with Crippen LogP contribution in [-0.2, 0) is 28.5 Å². The summed E-state index contributed by atoms with van der Waals surface area (Å²) < 4.78 is 25.7. The molecule has 3 aliphatic heterocycles. The monoisotopic (exact) mass is 885 g/mol. The Hall–Kier alpha value is -3.81. The van der Waals surface area contributed by atoms with Crippen molar-refractivity contribution >= 4 is 47.6 Å². The zero-order chi connectivity index (χ0) is 45.3. The number of aliphatic hydroxyl groups excluding tert-OH is 1. The summed E-state index contributed by atoms with van der Waals surface area (Å²) in [6.45, 7) is 23.6. The fourth-order valence-corrected chi connectivity index (χ4v) is 6.19. The molecular formula is C42H72ClN7O11. The molecule has 2 aromatic heterocycles. The number of aliphatic hydroxyl groups is 2. The van der Waals surface area contributed by atoms with Gasteiger partial charge in [-0.2, -0.15) is 0 Å². The molecule has 5 heterocycles. The van der Waals surface area contributed by atoms with Gasteiger partial charge in [0.1, 0.15) is 22.8 Å².